The normalized spacial score (nSPS) is 27.6. The Labute approximate surface area is 133 Å². The van der Waals surface area contributed by atoms with Gasteiger partial charge in [0.15, 0.2) is 0 Å². The third kappa shape index (κ3) is 3.09. The van der Waals surface area contributed by atoms with Crippen LogP contribution in [0.3, 0.4) is 0 Å². The van der Waals surface area contributed by atoms with E-state index >= 15 is 0 Å². The van der Waals surface area contributed by atoms with Gasteiger partial charge in [-0.2, -0.15) is 0 Å². The summed E-state index contributed by atoms with van der Waals surface area (Å²) >= 11 is 0. The highest BCUT2D eigenvalue weighted by Gasteiger charge is 2.49. The average Bonchev–Trinajstić information content (AvgIpc) is 2.92. The molecule has 1 aliphatic carbocycles. The summed E-state index contributed by atoms with van der Waals surface area (Å²) in [4.78, 5) is 12.8. The van der Waals surface area contributed by atoms with Gasteiger partial charge in [0.1, 0.15) is 0 Å². The van der Waals surface area contributed by atoms with Gasteiger partial charge in [0.2, 0.25) is 5.91 Å². The van der Waals surface area contributed by atoms with Crippen molar-refractivity contribution in [3.05, 3.63) is 29.8 Å². The van der Waals surface area contributed by atoms with Crippen LogP contribution in [0.15, 0.2) is 24.3 Å². The lowest BCUT2D eigenvalue weighted by molar-refractivity contribution is -0.128. The lowest BCUT2D eigenvalue weighted by atomic mass is 9.67. The van der Waals surface area contributed by atoms with Gasteiger partial charge in [-0.15, -0.1) is 12.4 Å². The van der Waals surface area contributed by atoms with Gasteiger partial charge in [0.05, 0.1) is 5.41 Å². The summed E-state index contributed by atoms with van der Waals surface area (Å²) in [6.07, 6.45) is 5.67. The number of anilines is 1. The summed E-state index contributed by atoms with van der Waals surface area (Å²) in [7, 11) is 0. The van der Waals surface area contributed by atoms with Crippen LogP contribution in [0.4, 0.5) is 5.69 Å². The molecule has 21 heavy (non-hydrogen) atoms. The van der Waals surface area contributed by atoms with Gasteiger partial charge in [-0.05, 0) is 49.4 Å². The molecule has 1 amide bonds. The van der Waals surface area contributed by atoms with E-state index < -0.39 is 0 Å². The molecule has 0 unspecified atom stereocenters. The molecule has 4 heteroatoms. The fraction of sp³-hybridized carbons (Fsp3) is 0.588. The minimum atomic E-state index is -0.166. The molecular formula is C17H25ClN2O. The van der Waals surface area contributed by atoms with Gasteiger partial charge in [0, 0.05) is 12.2 Å². The van der Waals surface area contributed by atoms with Crippen molar-refractivity contribution in [2.45, 2.75) is 39.0 Å². The number of benzene rings is 1. The standard InChI is InChI=1S/C17H24N2O.ClH/c1-2-13-6-5-8-15(10-13)19-16(20)17-9-4-3-7-14(17)11-18-12-17;/h5-6,8,10,14,18H,2-4,7,9,11-12H2,1H3,(H,19,20);1H/t14-,17+;/m0./s1. The van der Waals surface area contributed by atoms with Crippen molar-refractivity contribution in [2.24, 2.45) is 11.3 Å². The first kappa shape index (κ1) is 16.3. The SMILES string of the molecule is CCc1cccc(NC(=O)[C@@]23CCCC[C@H]2CNC3)c1.Cl. The molecule has 0 aromatic heterocycles. The Hall–Kier alpha value is -1.06. The van der Waals surface area contributed by atoms with E-state index in [1.54, 1.807) is 0 Å². The Morgan fingerprint density at radius 1 is 1.43 bits per heavy atom. The van der Waals surface area contributed by atoms with E-state index in [1.165, 1.54) is 24.8 Å². The van der Waals surface area contributed by atoms with Crippen LogP contribution >= 0.6 is 12.4 Å². The smallest absolute Gasteiger partial charge is 0.232 e. The van der Waals surface area contributed by atoms with Crippen molar-refractivity contribution in [3.8, 4) is 0 Å². The Kier molecular flexibility index (Phi) is 5.28. The molecule has 0 bridgehead atoms. The van der Waals surface area contributed by atoms with Crippen LogP contribution in [0, 0.1) is 11.3 Å². The van der Waals surface area contributed by atoms with Gasteiger partial charge in [-0.25, -0.2) is 0 Å². The first-order valence-corrected chi connectivity index (χ1v) is 7.86. The van der Waals surface area contributed by atoms with Crippen molar-refractivity contribution < 1.29 is 4.79 Å². The lowest BCUT2D eigenvalue weighted by Gasteiger charge is -2.37. The Morgan fingerprint density at radius 2 is 2.29 bits per heavy atom. The molecule has 0 spiro atoms. The number of halogens is 1. The molecular weight excluding hydrogens is 284 g/mol. The maximum absolute atomic E-state index is 12.8. The fourth-order valence-corrected chi connectivity index (χ4v) is 3.81. The second-order valence-electron chi connectivity index (χ2n) is 6.24. The average molecular weight is 309 g/mol. The van der Waals surface area contributed by atoms with Crippen molar-refractivity contribution in [2.75, 3.05) is 18.4 Å². The van der Waals surface area contributed by atoms with Crippen molar-refractivity contribution in [1.29, 1.82) is 0 Å². The lowest BCUT2D eigenvalue weighted by Crippen LogP contribution is -2.44. The number of hydrogen-bond donors (Lipinski definition) is 2. The predicted molar refractivity (Wildman–Crippen MR) is 89.0 cm³/mol. The highest BCUT2D eigenvalue weighted by molar-refractivity contribution is 5.96. The van der Waals surface area contributed by atoms with Crippen LogP contribution in [0.1, 0.15) is 38.2 Å². The molecule has 2 aliphatic rings. The van der Waals surface area contributed by atoms with Crippen molar-refractivity contribution in [3.63, 3.8) is 0 Å². The number of fused-ring (bicyclic) bond motifs is 1. The molecule has 2 atom stereocenters. The molecule has 1 aliphatic heterocycles. The van der Waals surface area contributed by atoms with Crippen LogP contribution in [0.2, 0.25) is 0 Å². The van der Waals surface area contributed by atoms with Crippen molar-refractivity contribution >= 4 is 24.0 Å². The van der Waals surface area contributed by atoms with E-state index in [9.17, 15) is 4.79 Å². The minimum Gasteiger partial charge on any atom is -0.326 e. The van der Waals surface area contributed by atoms with Gasteiger partial charge in [-0.1, -0.05) is 31.9 Å². The molecule has 1 aromatic rings. The Morgan fingerprint density at radius 3 is 3.10 bits per heavy atom. The van der Waals surface area contributed by atoms with Gasteiger partial charge >= 0.3 is 0 Å². The molecule has 116 valence electrons. The predicted octanol–water partition coefficient (Wildman–Crippen LogP) is 3.39. The highest BCUT2D eigenvalue weighted by atomic mass is 35.5. The van der Waals surface area contributed by atoms with Crippen LogP contribution in [0.25, 0.3) is 0 Å². The molecule has 3 rings (SSSR count). The largest absolute Gasteiger partial charge is 0.326 e. The third-order valence-electron chi connectivity index (χ3n) is 5.08. The summed E-state index contributed by atoms with van der Waals surface area (Å²) < 4.78 is 0. The topological polar surface area (TPSA) is 41.1 Å². The number of carbonyl (C=O) groups excluding carboxylic acids is 1. The first-order chi connectivity index (χ1) is 9.74. The molecule has 2 N–H and O–H groups in total. The summed E-state index contributed by atoms with van der Waals surface area (Å²) in [6.45, 7) is 3.98. The second kappa shape index (κ2) is 6.80. The van der Waals surface area contributed by atoms with Crippen LogP contribution in [0.5, 0.6) is 0 Å². The molecule has 1 aromatic carbocycles. The molecule has 1 saturated heterocycles. The van der Waals surface area contributed by atoms with E-state index in [1.807, 2.05) is 12.1 Å². The monoisotopic (exact) mass is 308 g/mol. The number of nitrogens with one attached hydrogen (secondary N) is 2. The molecule has 0 radical (unpaired) electrons. The van der Waals surface area contributed by atoms with Crippen molar-refractivity contribution in [1.82, 2.24) is 5.32 Å². The second-order valence-corrected chi connectivity index (χ2v) is 6.24. The summed E-state index contributed by atoms with van der Waals surface area (Å²) in [5.41, 5.74) is 2.05. The Balaban J connectivity index is 0.00000161. The van der Waals surface area contributed by atoms with Crippen LogP contribution in [-0.2, 0) is 11.2 Å². The molecule has 2 fully saturated rings. The van der Waals surface area contributed by atoms with E-state index in [4.69, 9.17) is 0 Å². The van der Waals surface area contributed by atoms with E-state index in [2.05, 4.69) is 29.7 Å². The molecule has 1 heterocycles. The fourth-order valence-electron chi connectivity index (χ4n) is 3.81. The summed E-state index contributed by atoms with van der Waals surface area (Å²) in [6, 6.07) is 8.22. The zero-order valence-corrected chi connectivity index (χ0v) is 13.5. The van der Waals surface area contributed by atoms with Gasteiger partial charge in [0.25, 0.3) is 0 Å². The number of rotatable bonds is 3. The summed E-state index contributed by atoms with van der Waals surface area (Å²) in [5, 5.41) is 6.60. The highest BCUT2D eigenvalue weighted by Crippen LogP contribution is 2.44. The van der Waals surface area contributed by atoms with E-state index in [-0.39, 0.29) is 23.7 Å². The van der Waals surface area contributed by atoms with E-state index in [0.717, 1.165) is 31.6 Å². The maximum atomic E-state index is 12.8. The molecule has 3 nitrogen and oxygen atoms in total. The van der Waals surface area contributed by atoms with Crippen LogP contribution in [-0.4, -0.2) is 19.0 Å². The van der Waals surface area contributed by atoms with Gasteiger partial charge < -0.3 is 10.6 Å². The number of hydrogen-bond acceptors (Lipinski definition) is 2. The maximum Gasteiger partial charge on any atom is 0.232 e. The molecule has 1 saturated carbocycles. The number of aryl methyl sites for hydroxylation is 1. The van der Waals surface area contributed by atoms with Crippen LogP contribution < -0.4 is 10.6 Å². The third-order valence-corrected chi connectivity index (χ3v) is 5.08. The minimum absolute atomic E-state index is 0. The zero-order valence-electron chi connectivity index (χ0n) is 12.7. The number of carbonyl (C=O) groups is 1. The zero-order chi connectivity index (χ0) is 14.0. The first-order valence-electron chi connectivity index (χ1n) is 7.86. The number of amides is 1. The Bertz CT molecular complexity index is 505. The van der Waals surface area contributed by atoms with Gasteiger partial charge in [-0.3, -0.25) is 4.79 Å². The summed E-state index contributed by atoms with van der Waals surface area (Å²) in [5.74, 6) is 0.742. The van der Waals surface area contributed by atoms with E-state index in [0.29, 0.717) is 5.92 Å². The quantitative estimate of drug-likeness (QED) is 0.898.